The van der Waals surface area contributed by atoms with Crippen molar-refractivity contribution in [2.45, 2.75) is 32.1 Å². The Hall–Kier alpha value is -1.64. The van der Waals surface area contributed by atoms with Crippen molar-refractivity contribution in [3.63, 3.8) is 0 Å². The Kier molecular flexibility index (Phi) is 2.86. The van der Waals surface area contributed by atoms with Crippen molar-refractivity contribution in [2.24, 2.45) is 0 Å². The van der Waals surface area contributed by atoms with Crippen LogP contribution in [0.15, 0.2) is 48.5 Å². The van der Waals surface area contributed by atoms with Gasteiger partial charge in [0.15, 0.2) is 0 Å². The fourth-order valence-corrected chi connectivity index (χ4v) is 3.52. The summed E-state index contributed by atoms with van der Waals surface area (Å²) < 4.78 is 0. The van der Waals surface area contributed by atoms with E-state index >= 15 is 0 Å². The Morgan fingerprint density at radius 2 is 1.75 bits per heavy atom. The first kappa shape index (κ1) is 12.1. The first-order valence-electron chi connectivity index (χ1n) is 7.44. The number of fused-ring (bicyclic) bond motifs is 2. The quantitative estimate of drug-likeness (QED) is 0.851. The third kappa shape index (κ3) is 1.96. The van der Waals surface area contributed by atoms with Crippen LogP contribution in [0.2, 0.25) is 0 Å². The molecule has 2 atom stereocenters. The molecular weight excluding hydrogens is 244 g/mol. The number of nitrogens with one attached hydrogen (secondary N) is 1. The zero-order valence-corrected chi connectivity index (χ0v) is 11.8. The number of benzene rings is 2. The summed E-state index contributed by atoms with van der Waals surface area (Å²) in [5.41, 5.74) is 5.73. The molecule has 2 heteroatoms. The molecule has 0 aliphatic carbocycles. The zero-order valence-electron chi connectivity index (χ0n) is 11.8. The molecule has 0 radical (unpaired) electrons. The van der Waals surface area contributed by atoms with Gasteiger partial charge in [0.25, 0.3) is 0 Å². The second kappa shape index (κ2) is 4.72. The van der Waals surface area contributed by atoms with Crippen LogP contribution in [0.3, 0.4) is 0 Å². The van der Waals surface area contributed by atoms with Gasteiger partial charge in [-0.25, -0.2) is 0 Å². The molecule has 2 nitrogen and oxygen atoms in total. The third-order valence-corrected chi connectivity index (χ3v) is 4.67. The lowest BCUT2D eigenvalue weighted by Gasteiger charge is -2.34. The van der Waals surface area contributed by atoms with Crippen LogP contribution in [-0.2, 0) is 13.0 Å². The maximum absolute atomic E-state index is 3.70. The molecule has 0 unspecified atom stereocenters. The summed E-state index contributed by atoms with van der Waals surface area (Å²) in [6.07, 6.45) is 1.54. The van der Waals surface area contributed by atoms with Crippen LogP contribution in [0.1, 0.15) is 28.4 Å². The van der Waals surface area contributed by atoms with Gasteiger partial charge in [0.2, 0.25) is 0 Å². The van der Waals surface area contributed by atoms with E-state index in [4.69, 9.17) is 0 Å². The van der Waals surface area contributed by atoms with Crippen LogP contribution in [0.5, 0.6) is 0 Å². The molecule has 0 amide bonds. The van der Waals surface area contributed by atoms with E-state index < -0.39 is 0 Å². The van der Waals surface area contributed by atoms with Crippen molar-refractivity contribution in [1.82, 2.24) is 10.2 Å². The molecule has 20 heavy (non-hydrogen) atoms. The van der Waals surface area contributed by atoms with Crippen LogP contribution >= 0.6 is 0 Å². The van der Waals surface area contributed by atoms with Crippen molar-refractivity contribution in [3.8, 4) is 0 Å². The highest BCUT2D eigenvalue weighted by Gasteiger charge is 2.36. The molecule has 102 valence electrons. The van der Waals surface area contributed by atoms with Gasteiger partial charge in [-0.2, -0.15) is 0 Å². The Balaban J connectivity index is 1.65. The fraction of sp³-hybridized carbons (Fsp3) is 0.333. The molecule has 2 aliphatic heterocycles. The molecule has 2 aliphatic rings. The molecule has 2 aromatic rings. The van der Waals surface area contributed by atoms with Crippen molar-refractivity contribution in [2.75, 3.05) is 6.54 Å². The summed E-state index contributed by atoms with van der Waals surface area (Å²) in [6.45, 7) is 4.30. The molecule has 0 saturated carbocycles. The molecule has 0 spiro atoms. The second-order valence-electron chi connectivity index (χ2n) is 6.02. The number of hydrogen-bond donors (Lipinski definition) is 1. The van der Waals surface area contributed by atoms with Gasteiger partial charge >= 0.3 is 0 Å². The first-order chi connectivity index (χ1) is 9.81. The predicted octanol–water partition coefficient (Wildman–Crippen LogP) is 3.02. The first-order valence-corrected chi connectivity index (χ1v) is 7.44. The monoisotopic (exact) mass is 264 g/mol. The maximum atomic E-state index is 3.70. The highest BCUT2D eigenvalue weighted by molar-refractivity contribution is 5.32. The van der Waals surface area contributed by atoms with Crippen molar-refractivity contribution in [3.05, 3.63) is 70.8 Å². The Labute approximate surface area is 120 Å². The van der Waals surface area contributed by atoms with E-state index in [2.05, 4.69) is 65.7 Å². The largest absolute Gasteiger partial charge is 0.296 e. The van der Waals surface area contributed by atoms with Crippen molar-refractivity contribution < 1.29 is 0 Å². The Morgan fingerprint density at radius 3 is 2.55 bits per heavy atom. The van der Waals surface area contributed by atoms with Gasteiger partial charge in [0, 0.05) is 19.1 Å². The number of rotatable bonds is 1. The Bertz CT molecular complexity index is 618. The SMILES string of the molecule is Cc1ccc([C@H]2NC[C@H]3Cc4ccccc4CN32)cc1. The third-order valence-electron chi connectivity index (χ3n) is 4.67. The summed E-state index contributed by atoms with van der Waals surface area (Å²) in [5, 5.41) is 3.70. The van der Waals surface area contributed by atoms with Gasteiger partial charge in [-0.1, -0.05) is 54.1 Å². The molecule has 0 aromatic heterocycles. The summed E-state index contributed by atoms with van der Waals surface area (Å²) in [4.78, 5) is 2.62. The molecule has 2 aromatic carbocycles. The van der Waals surface area contributed by atoms with Crippen molar-refractivity contribution >= 4 is 0 Å². The molecule has 2 heterocycles. The van der Waals surface area contributed by atoms with Crippen molar-refractivity contribution in [1.29, 1.82) is 0 Å². The fourth-order valence-electron chi connectivity index (χ4n) is 3.52. The normalized spacial score (nSPS) is 25.2. The molecule has 0 bridgehead atoms. The van der Waals surface area contributed by atoms with E-state index in [1.54, 1.807) is 0 Å². The molecule has 1 N–H and O–H groups in total. The van der Waals surface area contributed by atoms with Crippen LogP contribution in [-0.4, -0.2) is 17.5 Å². The van der Waals surface area contributed by atoms with E-state index in [-0.39, 0.29) is 0 Å². The minimum Gasteiger partial charge on any atom is -0.296 e. The molecular formula is C18H20N2. The predicted molar refractivity (Wildman–Crippen MR) is 81.4 cm³/mol. The molecule has 1 saturated heterocycles. The van der Waals surface area contributed by atoms with Gasteiger partial charge < -0.3 is 0 Å². The average molecular weight is 264 g/mol. The van der Waals surface area contributed by atoms with Gasteiger partial charge in [-0.15, -0.1) is 0 Å². The lowest BCUT2D eigenvalue weighted by atomic mass is 9.94. The molecule has 1 fully saturated rings. The topological polar surface area (TPSA) is 15.3 Å². The van der Waals surface area contributed by atoms with Crippen LogP contribution in [0, 0.1) is 6.92 Å². The smallest absolute Gasteiger partial charge is 0.0867 e. The highest BCUT2D eigenvalue weighted by atomic mass is 15.4. The lowest BCUT2D eigenvalue weighted by Crippen LogP contribution is -2.38. The van der Waals surface area contributed by atoms with Gasteiger partial charge in [0.05, 0.1) is 6.17 Å². The summed E-state index contributed by atoms with van der Waals surface area (Å²) in [5.74, 6) is 0. The van der Waals surface area contributed by atoms with E-state index in [0.29, 0.717) is 12.2 Å². The second-order valence-corrected chi connectivity index (χ2v) is 6.02. The summed E-state index contributed by atoms with van der Waals surface area (Å²) in [7, 11) is 0. The average Bonchev–Trinajstić information content (AvgIpc) is 2.88. The maximum Gasteiger partial charge on any atom is 0.0867 e. The van der Waals surface area contributed by atoms with E-state index in [9.17, 15) is 0 Å². The van der Waals surface area contributed by atoms with Crippen LogP contribution in [0.25, 0.3) is 0 Å². The zero-order chi connectivity index (χ0) is 13.5. The van der Waals surface area contributed by atoms with E-state index in [1.165, 1.54) is 28.7 Å². The Morgan fingerprint density at radius 1 is 1.00 bits per heavy atom. The summed E-state index contributed by atoms with van der Waals surface area (Å²) in [6, 6.07) is 18.5. The number of hydrogen-bond acceptors (Lipinski definition) is 2. The minimum atomic E-state index is 0.369. The highest BCUT2D eigenvalue weighted by Crippen LogP contribution is 2.33. The summed E-state index contributed by atoms with van der Waals surface area (Å²) >= 11 is 0. The number of aryl methyl sites for hydroxylation is 1. The van der Waals surface area contributed by atoms with E-state index in [0.717, 1.165) is 13.1 Å². The molecule has 4 rings (SSSR count). The van der Waals surface area contributed by atoms with Crippen LogP contribution < -0.4 is 5.32 Å². The van der Waals surface area contributed by atoms with E-state index in [1.807, 2.05) is 0 Å². The number of nitrogens with zero attached hydrogens (tertiary/aromatic N) is 1. The standard InChI is InChI=1S/C18H20N2/c1-13-6-8-14(9-7-13)18-19-11-17-10-15-4-2-3-5-16(15)12-20(17)18/h2-9,17-19H,10-12H2,1H3/t17-,18+/m1/s1. The van der Waals surface area contributed by atoms with Gasteiger partial charge in [-0.05, 0) is 30.0 Å². The minimum absolute atomic E-state index is 0.369. The van der Waals surface area contributed by atoms with Gasteiger partial charge in [-0.3, -0.25) is 10.2 Å². The lowest BCUT2D eigenvalue weighted by molar-refractivity contribution is 0.167. The van der Waals surface area contributed by atoms with Crippen LogP contribution in [0.4, 0.5) is 0 Å². The van der Waals surface area contributed by atoms with Gasteiger partial charge in [0.1, 0.15) is 0 Å².